The summed E-state index contributed by atoms with van der Waals surface area (Å²) >= 11 is 5.71. The first-order valence-electron chi connectivity index (χ1n) is 10.8. The molecule has 2 N–H and O–H groups in total. The van der Waals surface area contributed by atoms with Crippen LogP contribution in [0.2, 0.25) is 5.02 Å². The van der Waals surface area contributed by atoms with Crippen molar-refractivity contribution in [2.45, 2.75) is 32.4 Å². The number of ether oxygens (including phenoxy) is 1. The van der Waals surface area contributed by atoms with E-state index in [4.69, 9.17) is 16.3 Å². The second-order valence-electron chi connectivity index (χ2n) is 9.15. The number of fused-ring (bicyclic) bond motifs is 1. The Morgan fingerprint density at radius 1 is 1.11 bits per heavy atom. The molecule has 0 fully saturated rings. The van der Waals surface area contributed by atoms with E-state index in [1.54, 1.807) is 35.9 Å². The zero-order chi connectivity index (χ0) is 26.4. The van der Waals surface area contributed by atoms with Gasteiger partial charge in [-0.3, -0.25) is 0 Å². The second kappa shape index (κ2) is 9.02. The van der Waals surface area contributed by atoms with E-state index >= 15 is 0 Å². The van der Waals surface area contributed by atoms with Crippen LogP contribution in [0.1, 0.15) is 42.4 Å². The zero-order valence-corrected chi connectivity index (χ0v) is 20.5. The molecule has 0 bridgehead atoms. The summed E-state index contributed by atoms with van der Waals surface area (Å²) in [4.78, 5) is 20.2. The predicted octanol–water partition coefficient (Wildman–Crippen LogP) is 7.17. The van der Waals surface area contributed by atoms with Crippen LogP contribution in [0.3, 0.4) is 0 Å². The van der Waals surface area contributed by atoms with Gasteiger partial charge < -0.3 is 19.7 Å². The Labute approximate surface area is 209 Å². The standard InChI is InChI=1S/C25H22ClF3N4O3/c1-24(2,3)20-19(9-10-30-21(20)22(34)35)36-14-6-8-18-17(12-14)32-23(33(18)4)31-13-5-7-16(26)15(11-13)25(27,28)29/h5-12H,1-4H3,(H,31,32)(H,34,35). The summed E-state index contributed by atoms with van der Waals surface area (Å²) in [6.45, 7) is 5.60. The Kier molecular flexibility index (Phi) is 6.34. The number of pyridine rings is 1. The number of carbonyl (C=O) groups is 1. The molecule has 0 saturated heterocycles. The van der Waals surface area contributed by atoms with Crippen LogP contribution in [0.5, 0.6) is 11.5 Å². The fraction of sp³-hybridized carbons (Fsp3) is 0.240. The van der Waals surface area contributed by atoms with Crippen LogP contribution in [0.15, 0.2) is 48.7 Å². The Morgan fingerprint density at radius 2 is 1.83 bits per heavy atom. The lowest BCUT2D eigenvalue weighted by Gasteiger charge is -2.23. The van der Waals surface area contributed by atoms with Gasteiger partial charge in [-0.15, -0.1) is 0 Å². The highest BCUT2D eigenvalue weighted by Gasteiger charge is 2.33. The number of rotatable bonds is 5. The fourth-order valence-corrected chi connectivity index (χ4v) is 4.07. The number of alkyl halides is 3. The van der Waals surface area contributed by atoms with Crippen LogP contribution in [-0.4, -0.2) is 25.6 Å². The Balaban J connectivity index is 1.69. The van der Waals surface area contributed by atoms with Crippen molar-refractivity contribution in [1.29, 1.82) is 0 Å². The molecule has 36 heavy (non-hydrogen) atoms. The highest BCUT2D eigenvalue weighted by atomic mass is 35.5. The molecule has 0 aliphatic heterocycles. The quantitative estimate of drug-likeness (QED) is 0.291. The van der Waals surface area contributed by atoms with Crippen molar-refractivity contribution in [1.82, 2.24) is 14.5 Å². The summed E-state index contributed by atoms with van der Waals surface area (Å²) < 4.78 is 47.4. The van der Waals surface area contributed by atoms with E-state index in [-0.39, 0.29) is 11.4 Å². The maximum Gasteiger partial charge on any atom is 0.417 e. The van der Waals surface area contributed by atoms with E-state index in [9.17, 15) is 23.1 Å². The molecule has 0 amide bonds. The topological polar surface area (TPSA) is 89.3 Å². The van der Waals surface area contributed by atoms with E-state index < -0.39 is 28.1 Å². The van der Waals surface area contributed by atoms with Gasteiger partial charge in [-0.2, -0.15) is 13.2 Å². The molecule has 0 radical (unpaired) electrons. The van der Waals surface area contributed by atoms with Gasteiger partial charge in [0.05, 0.1) is 21.6 Å². The fourth-order valence-electron chi connectivity index (χ4n) is 3.85. The molecule has 0 spiro atoms. The average molecular weight is 519 g/mol. The number of hydrogen-bond acceptors (Lipinski definition) is 5. The van der Waals surface area contributed by atoms with Crippen molar-refractivity contribution in [3.63, 3.8) is 0 Å². The van der Waals surface area contributed by atoms with Crippen LogP contribution in [0, 0.1) is 0 Å². The molecule has 0 unspecified atom stereocenters. The van der Waals surface area contributed by atoms with E-state index in [1.807, 2.05) is 20.8 Å². The van der Waals surface area contributed by atoms with Crippen LogP contribution >= 0.6 is 11.6 Å². The maximum absolute atomic E-state index is 13.2. The van der Waals surface area contributed by atoms with Gasteiger partial charge in [-0.05, 0) is 41.8 Å². The number of nitrogens with zero attached hydrogens (tertiary/aromatic N) is 3. The largest absolute Gasteiger partial charge is 0.476 e. The molecule has 2 heterocycles. The minimum absolute atomic E-state index is 0.0911. The normalized spacial score (nSPS) is 12.1. The zero-order valence-electron chi connectivity index (χ0n) is 19.7. The number of aromatic nitrogens is 3. The monoisotopic (exact) mass is 518 g/mol. The SMILES string of the molecule is Cn1c(Nc2ccc(Cl)c(C(F)(F)F)c2)nc2cc(Oc3ccnc(C(=O)O)c3C(C)(C)C)ccc21. The van der Waals surface area contributed by atoms with E-state index in [2.05, 4.69) is 15.3 Å². The summed E-state index contributed by atoms with van der Waals surface area (Å²) in [6.07, 6.45) is -3.22. The molecule has 0 atom stereocenters. The Bertz CT molecular complexity index is 1480. The Hall–Kier alpha value is -3.79. The first-order chi connectivity index (χ1) is 16.8. The second-order valence-corrected chi connectivity index (χ2v) is 9.56. The molecular weight excluding hydrogens is 497 g/mol. The minimum Gasteiger partial charge on any atom is -0.476 e. The average Bonchev–Trinajstić information content (AvgIpc) is 3.08. The van der Waals surface area contributed by atoms with Crippen molar-refractivity contribution >= 4 is 40.2 Å². The molecule has 2 aromatic carbocycles. The van der Waals surface area contributed by atoms with Crippen molar-refractivity contribution < 1.29 is 27.8 Å². The number of aromatic carboxylic acids is 1. The van der Waals surface area contributed by atoms with Crippen LogP contribution in [0.25, 0.3) is 11.0 Å². The maximum atomic E-state index is 13.2. The lowest BCUT2D eigenvalue weighted by molar-refractivity contribution is -0.137. The van der Waals surface area contributed by atoms with Gasteiger partial charge in [0.25, 0.3) is 0 Å². The number of nitrogens with one attached hydrogen (secondary N) is 1. The number of aryl methyl sites for hydroxylation is 1. The molecule has 11 heteroatoms. The van der Waals surface area contributed by atoms with Crippen molar-refractivity contribution in [3.8, 4) is 11.5 Å². The van der Waals surface area contributed by atoms with Crippen molar-refractivity contribution in [2.24, 2.45) is 7.05 Å². The van der Waals surface area contributed by atoms with Gasteiger partial charge in [0.15, 0.2) is 5.69 Å². The first-order valence-corrected chi connectivity index (χ1v) is 11.1. The van der Waals surface area contributed by atoms with Gasteiger partial charge in [-0.25, -0.2) is 14.8 Å². The van der Waals surface area contributed by atoms with Crippen LogP contribution in [0.4, 0.5) is 24.8 Å². The number of hydrogen-bond donors (Lipinski definition) is 2. The predicted molar refractivity (Wildman–Crippen MR) is 130 cm³/mol. The summed E-state index contributed by atoms with van der Waals surface area (Å²) in [6, 6.07) is 10.2. The third-order valence-electron chi connectivity index (χ3n) is 5.47. The molecule has 7 nitrogen and oxygen atoms in total. The summed E-state index contributed by atoms with van der Waals surface area (Å²) in [5.74, 6) is -0.0855. The number of carboxylic acid groups (broad SMARTS) is 1. The number of halogens is 4. The molecule has 4 aromatic rings. The van der Waals surface area contributed by atoms with Crippen molar-refractivity contribution in [2.75, 3.05) is 5.32 Å². The van der Waals surface area contributed by atoms with Gasteiger partial charge in [0.2, 0.25) is 5.95 Å². The highest BCUT2D eigenvalue weighted by molar-refractivity contribution is 6.31. The van der Waals surface area contributed by atoms with Gasteiger partial charge >= 0.3 is 12.1 Å². The number of anilines is 2. The number of benzene rings is 2. The molecule has 0 aliphatic rings. The van der Waals surface area contributed by atoms with Gasteiger partial charge in [0, 0.05) is 30.6 Å². The van der Waals surface area contributed by atoms with Crippen molar-refractivity contribution in [3.05, 3.63) is 70.5 Å². The van der Waals surface area contributed by atoms with Gasteiger partial charge in [-0.1, -0.05) is 32.4 Å². The highest BCUT2D eigenvalue weighted by Crippen LogP contribution is 2.38. The molecule has 4 rings (SSSR count). The third kappa shape index (κ3) is 4.94. The smallest absolute Gasteiger partial charge is 0.417 e. The van der Waals surface area contributed by atoms with Crippen LogP contribution in [-0.2, 0) is 18.6 Å². The summed E-state index contributed by atoms with van der Waals surface area (Å²) in [5, 5.41) is 12.1. The van der Waals surface area contributed by atoms with E-state index in [1.165, 1.54) is 18.3 Å². The first kappa shape index (κ1) is 25.3. The number of imidazole rings is 1. The molecule has 188 valence electrons. The number of carboxylic acids is 1. The lowest BCUT2D eigenvalue weighted by Crippen LogP contribution is -2.19. The van der Waals surface area contributed by atoms with E-state index in [0.717, 1.165) is 6.07 Å². The Morgan fingerprint density at radius 3 is 2.47 bits per heavy atom. The van der Waals surface area contributed by atoms with Crippen LogP contribution < -0.4 is 10.1 Å². The van der Waals surface area contributed by atoms with E-state index in [0.29, 0.717) is 34.0 Å². The minimum atomic E-state index is -4.59. The molecule has 2 aromatic heterocycles. The summed E-state index contributed by atoms with van der Waals surface area (Å²) in [5.41, 5.74) is 0.248. The lowest BCUT2D eigenvalue weighted by atomic mass is 9.85. The molecule has 0 saturated carbocycles. The van der Waals surface area contributed by atoms with Gasteiger partial charge in [0.1, 0.15) is 11.5 Å². The summed E-state index contributed by atoms with van der Waals surface area (Å²) in [7, 11) is 1.72. The molecular formula is C25H22ClF3N4O3. The molecule has 0 aliphatic carbocycles. The third-order valence-corrected chi connectivity index (χ3v) is 5.80.